The molecule has 7 heteroatoms. The maximum absolute atomic E-state index is 12.5. The molecule has 0 saturated carbocycles. The molecule has 26 heavy (non-hydrogen) atoms. The number of carbonyl (C=O) groups excluding carboxylic acids is 1. The molecule has 1 atom stereocenters. The Labute approximate surface area is 153 Å². The predicted octanol–water partition coefficient (Wildman–Crippen LogP) is 1.73. The van der Waals surface area contributed by atoms with E-state index < -0.39 is 10.0 Å². The van der Waals surface area contributed by atoms with E-state index in [-0.39, 0.29) is 16.8 Å². The van der Waals surface area contributed by atoms with Crippen LogP contribution in [0.15, 0.2) is 59.5 Å². The normalized spacial score (nSPS) is 17.2. The van der Waals surface area contributed by atoms with Crippen LogP contribution in [0.2, 0.25) is 0 Å². The fraction of sp³-hybridized carbons (Fsp3) is 0.316. The third kappa shape index (κ3) is 4.91. The van der Waals surface area contributed by atoms with Crippen LogP contribution in [0.4, 0.5) is 0 Å². The van der Waals surface area contributed by atoms with Crippen LogP contribution >= 0.6 is 0 Å². The summed E-state index contributed by atoms with van der Waals surface area (Å²) in [4.78, 5) is 12.4. The Morgan fingerprint density at radius 1 is 1.12 bits per heavy atom. The van der Waals surface area contributed by atoms with Gasteiger partial charge >= 0.3 is 0 Å². The highest BCUT2D eigenvalue weighted by molar-refractivity contribution is 7.89. The highest BCUT2D eigenvalue weighted by atomic mass is 32.2. The fourth-order valence-electron chi connectivity index (χ4n) is 2.79. The Hall–Kier alpha value is -2.22. The van der Waals surface area contributed by atoms with Crippen LogP contribution in [0.1, 0.15) is 22.3 Å². The van der Waals surface area contributed by atoms with Crippen molar-refractivity contribution in [2.24, 2.45) is 0 Å². The second-order valence-corrected chi connectivity index (χ2v) is 7.92. The molecule has 0 bridgehead atoms. The summed E-state index contributed by atoms with van der Waals surface area (Å²) >= 11 is 0. The molecule has 1 heterocycles. The van der Waals surface area contributed by atoms with E-state index in [0.29, 0.717) is 38.2 Å². The zero-order chi connectivity index (χ0) is 18.4. The zero-order valence-electron chi connectivity index (χ0n) is 14.4. The molecular weight excluding hydrogens is 352 g/mol. The summed E-state index contributed by atoms with van der Waals surface area (Å²) in [5.74, 6) is -0.290. The second kappa shape index (κ2) is 8.44. The van der Waals surface area contributed by atoms with Gasteiger partial charge in [0.1, 0.15) is 0 Å². The minimum Gasteiger partial charge on any atom is -0.380 e. The van der Waals surface area contributed by atoms with Gasteiger partial charge in [-0.05, 0) is 36.6 Å². The molecule has 3 rings (SSSR count). The van der Waals surface area contributed by atoms with Crippen LogP contribution in [0.25, 0.3) is 0 Å². The number of benzene rings is 2. The molecule has 0 aliphatic carbocycles. The van der Waals surface area contributed by atoms with Crippen LogP contribution in [0.3, 0.4) is 0 Å². The lowest BCUT2D eigenvalue weighted by atomic mass is 10.1. The number of hydrogen-bond acceptors (Lipinski definition) is 4. The van der Waals surface area contributed by atoms with Crippen molar-refractivity contribution in [2.45, 2.75) is 23.8 Å². The minimum atomic E-state index is -3.67. The Kier molecular flexibility index (Phi) is 6.03. The first-order valence-electron chi connectivity index (χ1n) is 8.57. The molecule has 0 radical (unpaired) electrons. The lowest BCUT2D eigenvalue weighted by Gasteiger charge is -2.12. The maximum Gasteiger partial charge on any atom is 0.251 e. The van der Waals surface area contributed by atoms with Crippen LogP contribution < -0.4 is 10.0 Å². The lowest BCUT2D eigenvalue weighted by Crippen LogP contribution is -2.35. The minimum absolute atomic E-state index is 0.0834. The third-order valence-electron chi connectivity index (χ3n) is 4.20. The van der Waals surface area contributed by atoms with E-state index >= 15 is 0 Å². The van der Waals surface area contributed by atoms with E-state index in [4.69, 9.17) is 4.74 Å². The number of rotatable bonds is 7. The average Bonchev–Trinajstić information content (AvgIpc) is 3.15. The first-order chi connectivity index (χ1) is 12.5. The molecule has 2 N–H and O–H groups in total. The van der Waals surface area contributed by atoms with Crippen molar-refractivity contribution in [3.63, 3.8) is 0 Å². The Morgan fingerprint density at radius 3 is 2.65 bits per heavy atom. The number of sulfonamides is 1. The van der Waals surface area contributed by atoms with Gasteiger partial charge in [-0.25, -0.2) is 13.1 Å². The van der Waals surface area contributed by atoms with Gasteiger partial charge in [0.2, 0.25) is 10.0 Å². The Bertz CT molecular complexity index is 847. The zero-order valence-corrected chi connectivity index (χ0v) is 15.2. The van der Waals surface area contributed by atoms with E-state index in [0.717, 1.165) is 5.56 Å². The van der Waals surface area contributed by atoms with Gasteiger partial charge in [0.25, 0.3) is 5.91 Å². The van der Waals surface area contributed by atoms with Crippen molar-refractivity contribution < 1.29 is 17.9 Å². The van der Waals surface area contributed by atoms with Crippen molar-refractivity contribution in [3.8, 4) is 0 Å². The van der Waals surface area contributed by atoms with Gasteiger partial charge in [0.05, 0.1) is 11.5 Å². The monoisotopic (exact) mass is 374 g/mol. The molecule has 1 aliphatic heterocycles. The summed E-state index contributed by atoms with van der Waals surface area (Å²) in [5, 5.41) is 2.83. The highest BCUT2D eigenvalue weighted by Gasteiger charge is 2.24. The quantitative estimate of drug-likeness (QED) is 0.773. The number of amides is 1. The molecule has 2 aromatic carbocycles. The Balaban J connectivity index is 1.61. The van der Waals surface area contributed by atoms with Crippen molar-refractivity contribution in [1.82, 2.24) is 10.0 Å². The van der Waals surface area contributed by atoms with Crippen molar-refractivity contribution in [2.75, 3.05) is 19.8 Å². The van der Waals surface area contributed by atoms with Gasteiger partial charge < -0.3 is 10.1 Å². The van der Waals surface area contributed by atoms with Crippen molar-refractivity contribution >= 4 is 15.9 Å². The van der Waals surface area contributed by atoms with E-state index in [1.807, 2.05) is 30.3 Å². The first-order valence-corrected chi connectivity index (χ1v) is 10.1. The smallest absolute Gasteiger partial charge is 0.251 e. The summed E-state index contributed by atoms with van der Waals surface area (Å²) in [6, 6.07) is 15.7. The third-order valence-corrected chi connectivity index (χ3v) is 5.72. The average molecular weight is 374 g/mol. The molecule has 6 nitrogen and oxygen atoms in total. The molecule has 0 spiro atoms. The van der Waals surface area contributed by atoms with E-state index in [2.05, 4.69) is 10.0 Å². The summed E-state index contributed by atoms with van der Waals surface area (Å²) in [6.07, 6.45) is 1.37. The SMILES string of the molecule is O=C(NCCc1ccccc1)c1cccc(S(=O)(=O)N[C@H]2CCOC2)c1. The van der Waals surface area contributed by atoms with Gasteiger partial charge in [0.15, 0.2) is 0 Å². The number of hydrogen-bond donors (Lipinski definition) is 2. The number of nitrogens with one attached hydrogen (secondary N) is 2. The molecule has 138 valence electrons. The number of ether oxygens (including phenoxy) is 1. The fourth-order valence-corrected chi connectivity index (χ4v) is 4.09. The molecule has 1 saturated heterocycles. The molecule has 1 aliphatic rings. The molecular formula is C19H22N2O4S. The molecule has 1 fully saturated rings. The maximum atomic E-state index is 12.5. The van der Waals surface area contributed by atoms with Gasteiger partial charge in [-0.15, -0.1) is 0 Å². The lowest BCUT2D eigenvalue weighted by molar-refractivity contribution is 0.0954. The molecule has 2 aromatic rings. The standard InChI is InChI=1S/C19H22N2O4S/c22-19(20-11-9-15-5-2-1-3-6-15)16-7-4-8-18(13-16)26(23,24)21-17-10-12-25-14-17/h1-8,13,17,21H,9-12,14H2,(H,20,22)/t17-/m0/s1. The van der Waals surface area contributed by atoms with Gasteiger partial charge in [0, 0.05) is 24.8 Å². The van der Waals surface area contributed by atoms with Gasteiger partial charge in [-0.3, -0.25) is 4.79 Å². The van der Waals surface area contributed by atoms with Crippen LogP contribution in [0.5, 0.6) is 0 Å². The van der Waals surface area contributed by atoms with Gasteiger partial charge in [-0.1, -0.05) is 36.4 Å². The van der Waals surface area contributed by atoms with E-state index in [9.17, 15) is 13.2 Å². The molecule has 0 unspecified atom stereocenters. The van der Waals surface area contributed by atoms with E-state index in [1.54, 1.807) is 12.1 Å². The summed E-state index contributed by atoms with van der Waals surface area (Å²) < 4.78 is 32.7. The summed E-state index contributed by atoms with van der Waals surface area (Å²) in [7, 11) is -3.67. The summed E-state index contributed by atoms with van der Waals surface area (Å²) in [5.41, 5.74) is 1.45. The first kappa shape index (κ1) is 18.6. The van der Waals surface area contributed by atoms with Crippen LogP contribution in [-0.2, 0) is 21.2 Å². The van der Waals surface area contributed by atoms with Crippen molar-refractivity contribution in [3.05, 3.63) is 65.7 Å². The second-order valence-electron chi connectivity index (χ2n) is 6.20. The summed E-state index contributed by atoms with van der Waals surface area (Å²) in [6.45, 7) is 1.41. The van der Waals surface area contributed by atoms with Crippen LogP contribution in [-0.4, -0.2) is 40.1 Å². The highest BCUT2D eigenvalue weighted by Crippen LogP contribution is 2.14. The number of carbonyl (C=O) groups is 1. The largest absolute Gasteiger partial charge is 0.380 e. The van der Waals surface area contributed by atoms with Crippen molar-refractivity contribution in [1.29, 1.82) is 0 Å². The van der Waals surface area contributed by atoms with E-state index in [1.165, 1.54) is 12.1 Å². The molecule has 0 aromatic heterocycles. The van der Waals surface area contributed by atoms with Gasteiger partial charge in [-0.2, -0.15) is 0 Å². The van der Waals surface area contributed by atoms with Crippen LogP contribution in [0, 0.1) is 0 Å². The predicted molar refractivity (Wildman–Crippen MR) is 98.5 cm³/mol. The molecule has 1 amide bonds. The topological polar surface area (TPSA) is 84.5 Å². The Morgan fingerprint density at radius 2 is 1.92 bits per heavy atom.